The van der Waals surface area contributed by atoms with Gasteiger partial charge < -0.3 is 9.64 Å². The highest BCUT2D eigenvalue weighted by atomic mass is 16.5. The summed E-state index contributed by atoms with van der Waals surface area (Å²) in [5.74, 6) is 0. The van der Waals surface area contributed by atoms with E-state index in [1.807, 2.05) is 0 Å². The fraction of sp³-hybridized carbons (Fsp3) is 1.00. The van der Waals surface area contributed by atoms with Crippen LogP contribution in [-0.2, 0) is 4.74 Å². The normalized spacial score (nSPS) is 45.6. The predicted molar refractivity (Wildman–Crippen MR) is 40.0 cm³/mol. The topological polar surface area (TPSA) is 12.5 Å². The van der Waals surface area contributed by atoms with Crippen molar-refractivity contribution in [3.8, 4) is 0 Å². The Morgan fingerprint density at radius 2 is 2.50 bits per heavy atom. The van der Waals surface area contributed by atoms with Crippen molar-refractivity contribution >= 4 is 0 Å². The lowest BCUT2D eigenvalue weighted by molar-refractivity contribution is 0.0421. The van der Waals surface area contributed by atoms with Gasteiger partial charge in [0.2, 0.25) is 0 Å². The SMILES string of the molecule is CCOC12CCN(C)C1C2. The Balaban J connectivity index is 1.97. The van der Waals surface area contributed by atoms with Crippen molar-refractivity contribution in [1.29, 1.82) is 0 Å². The number of likely N-dealkylation sites (N-methyl/N-ethyl adjacent to an activating group) is 1. The summed E-state index contributed by atoms with van der Waals surface area (Å²) in [7, 11) is 2.19. The number of ether oxygens (including phenoxy) is 1. The van der Waals surface area contributed by atoms with E-state index in [2.05, 4.69) is 18.9 Å². The smallest absolute Gasteiger partial charge is 0.0865 e. The molecular weight excluding hydrogens is 126 g/mol. The van der Waals surface area contributed by atoms with E-state index in [0.717, 1.165) is 12.6 Å². The van der Waals surface area contributed by atoms with Crippen molar-refractivity contribution < 1.29 is 4.74 Å². The number of hydrogen-bond acceptors (Lipinski definition) is 2. The molecule has 0 N–H and O–H groups in total. The first-order chi connectivity index (χ1) is 4.78. The van der Waals surface area contributed by atoms with Gasteiger partial charge in [-0.15, -0.1) is 0 Å². The maximum Gasteiger partial charge on any atom is 0.0865 e. The summed E-state index contributed by atoms with van der Waals surface area (Å²) in [6, 6.07) is 0.757. The van der Waals surface area contributed by atoms with Crippen LogP contribution >= 0.6 is 0 Å². The molecule has 2 nitrogen and oxygen atoms in total. The standard InChI is InChI=1S/C8H15NO/c1-3-10-8-4-5-9(2)7(8)6-8/h7H,3-6H2,1-2H3. The summed E-state index contributed by atoms with van der Waals surface area (Å²) in [6.45, 7) is 4.19. The largest absolute Gasteiger partial charge is 0.374 e. The number of hydrogen-bond donors (Lipinski definition) is 0. The van der Waals surface area contributed by atoms with Crippen molar-refractivity contribution in [2.75, 3.05) is 20.2 Å². The van der Waals surface area contributed by atoms with E-state index in [1.54, 1.807) is 0 Å². The van der Waals surface area contributed by atoms with Gasteiger partial charge in [-0.25, -0.2) is 0 Å². The number of likely N-dealkylation sites (tertiary alicyclic amines) is 1. The van der Waals surface area contributed by atoms with Crippen LogP contribution in [0.3, 0.4) is 0 Å². The maximum absolute atomic E-state index is 5.69. The van der Waals surface area contributed by atoms with Crippen LogP contribution < -0.4 is 0 Å². The molecule has 0 aromatic heterocycles. The second-order valence-corrected chi connectivity index (χ2v) is 3.45. The minimum absolute atomic E-state index is 0.309. The molecule has 1 saturated carbocycles. The van der Waals surface area contributed by atoms with E-state index < -0.39 is 0 Å². The average molecular weight is 141 g/mol. The van der Waals surface area contributed by atoms with Gasteiger partial charge in [0.05, 0.1) is 5.60 Å². The molecule has 0 aromatic rings. The lowest BCUT2D eigenvalue weighted by Crippen LogP contribution is -2.18. The molecule has 10 heavy (non-hydrogen) atoms. The molecular formula is C8H15NO. The van der Waals surface area contributed by atoms with Crippen LogP contribution in [0.4, 0.5) is 0 Å². The fourth-order valence-electron chi connectivity index (χ4n) is 2.13. The Hall–Kier alpha value is -0.0800. The summed E-state index contributed by atoms with van der Waals surface area (Å²) < 4.78 is 5.69. The number of nitrogens with zero attached hydrogens (tertiary/aromatic N) is 1. The lowest BCUT2D eigenvalue weighted by atomic mass is 10.2. The van der Waals surface area contributed by atoms with Crippen LogP contribution in [-0.4, -0.2) is 36.7 Å². The molecule has 0 amide bonds. The van der Waals surface area contributed by atoms with Gasteiger partial charge in [-0.1, -0.05) is 0 Å². The van der Waals surface area contributed by atoms with Gasteiger partial charge in [0.1, 0.15) is 0 Å². The van der Waals surface area contributed by atoms with E-state index >= 15 is 0 Å². The zero-order valence-corrected chi connectivity index (χ0v) is 6.76. The third-order valence-corrected chi connectivity index (χ3v) is 2.84. The molecule has 1 aliphatic carbocycles. The third kappa shape index (κ3) is 0.722. The van der Waals surface area contributed by atoms with Crippen molar-refractivity contribution in [2.45, 2.75) is 31.4 Å². The van der Waals surface area contributed by atoms with Crippen molar-refractivity contribution in [3.63, 3.8) is 0 Å². The molecule has 1 aliphatic heterocycles. The van der Waals surface area contributed by atoms with Gasteiger partial charge in [-0.3, -0.25) is 0 Å². The Labute approximate surface area is 62.2 Å². The Bertz CT molecular complexity index is 144. The Morgan fingerprint density at radius 3 is 2.90 bits per heavy atom. The van der Waals surface area contributed by atoms with Gasteiger partial charge in [0.25, 0.3) is 0 Å². The fourth-order valence-corrected chi connectivity index (χ4v) is 2.13. The molecule has 58 valence electrons. The predicted octanol–water partition coefficient (Wildman–Crippen LogP) is 0.870. The molecule has 2 unspecified atom stereocenters. The van der Waals surface area contributed by atoms with E-state index in [1.165, 1.54) is 19.4 Å². The lowest BCUT2D eigenvalue weighted by Gasteiger charge is -2.09. The molecule has 0 aromatic carbocycles. The Kier molecular flexibility index (Phi) is 1.29. The monoisotopic (exact) mass is 141 g/mol. The van der Waals surface area contributed by atoms with Gasteiger partial charge in [-0.05, 0) is 26.8 Å². The van der Waals surface area contributed by atoms with Crippen molar-refractivity contribution in [3.05, 3.63) is 0 Å². The molecule has 1 saturated heterocycles. The first kappa shape index (κ1) is 6.62. The second-order valence-electron chi connectivity index (χ2n) is 3.45. The molecule has 2 heteroatoms. The van der Waals surface area contributed by atoms with Crippen molar-refractivity contribution in [2.24, 2.45) is 0 Å². The van der Waals surface area contributed by atoms with Crippen LogP contribution in [0.5, 0.6) is 0 Å². The van der Waals surface area contributed by atoms with Gasteiger partial charge >= 0.3 is 0 Å². The molecule has 2 aliphatic rings. The number of fused-ring (bicyclic) bond motifs is 1. The molecule has 0 radical (unpaired) electrons. The Morgan fingerprint density at radius 1 is 1.70 bits per heavy atom. The minimum atomic E-state index is 0.309. The van der Waals surface area contributed by atoms with Crippen LogP contribution in [0.1, 0.15) is 19.8 Å². The van der Waals surface area contributed by atoms with E-state index in [4.69, 9.17) is 4.74 Å². The highest BCUT2D eigenvalue weighted by molar-refractivity contribution is 5.16. The minimum Gasteiger partial charge on any atom is -0.374 e. The number of rotatable bonds is 2. The highest BCUT2D eigenvalue weighted by Gasteiger charge is 2.61. The second kappa shape index (κ2) is 1.95. The van der Waals surface area contributed by atoms with Crippen LogP contribution in [0.15, 0.2) is 0 Å². The maximum atomic E-state index is 5.69. The van der Waals surface area contributed by atoms with E-state index in [9.17, 15) is 0 Å². The summed E-state index contributed by atoms with van der Waals surface area (Å²) in [5.41, 5.74) is 0.309. The van der Waals surface area contributed by atoms with Gasteiger partial charge in [0.15, 0.2) is 0 Å². The molecule has 0 spiro atoms. The zero-order chi connectivity index (χ0) is 7.19. The summed E-state index contributed by atoms with van der Waals surface area (Å²) in [5, 5.41) is 0. The quantitative estimate of drug-likeness (QED) is 0.565. The van der Waals surface area contributed by atoms with Crippen LogP contribution in [0, 0.1) is 0 Å². The van der Waals surface area contributed by atoms with E-state index in [-0.39, 0.29) is 0 Å². The summed E-state index contributed by atoms with van der Waals surface area (Å²) >= 11 is 0. The summed E-state index contributed by atoms with van der Waals surface area (Å²) in [4.78, 5) is 2.41. The van der Waals surface area contributed by atoms with Crippen LogP contribution in [0.25, 0.3) is 0 Å². The van der Waals surface area contributed by atoms with Gasteiger partial charge in [0, 0.05) is 19.2 Å². The average Bonchev–Trinajstić information content (AvgIpc) is 2.54. The molecule has 2 fully saturated rings. The van der Waals surface area contributed by atoms with Gasteiger partial charge in [-0.2, -0.15) is 0 Å². The van der Waals surface area contributed by atoms with Crippen molar-refractivity contribution in [1.82, 2.24) is 4.90 Å². The first-order valence-electron chi connectivity index (χ1n) is 4.13. The molecule has 2 atom stereocenters. The molecule has 0 bridgehead atoms. The third-order valence-electron chi connectivity index (χ3n) is 2.84. The van der Waals surface area contributed by atoms with E-state index in [0.29, 0.717) is 5.60 Å². The number of piperidine rings is 1. The highest BCUT2D eigenvalue weighted by Crippen LogP contribution is 2.50. The molecule has 2 rings (SSSR count). The molecule has 1 heterocycles. The first-order valence-corrected chi connectivity index (χ1v) is 4.13. The van der Waals surface area contributed by atoms with Crippen LogP contribution in [0.2, 0.25) is 0 Å². The zero-order valence-electron chi connectivity index (χ0n) is 6.76. The summed E-state index contributed by atoms with van der Waals surface area (Å²) in [6.07, 6.45) is 2.53.